The summed E-state index contributed by atoms with van der Waals surface area (Å²) < 4.78 is 0. The quantitative estimate of drug-likeness (QED) is 0.151. The summed E-state index contributed by atoms with van der Waals surface area (Å²) in [6.07, 6.45) is 1.14. The van der Waals surface area contributed by atoms with Crippen LogP contribution in [0.4, 0.5) is 0 Å². The van der Waals surface area contributed by atoms with Crippen LogP contribution in [0.15, 0.2) is 0 Å². The van der Waals surface area contributed by atoms with Gasteiger partial charge in [-0.05, 0) is 24.3 Å². The number of carboxylic acid groups (broad SMARTS) is 2. The van der Waals surface area contributed by atoms with Crippen molar-refractivity contribution in [1.29, 1.82) is 0 Å². The van der Waals surface area contributed by atoms with E-state index in [1.807, 2.05) is 0 Å². The fourth-order valence-electron chi connectivity index (χ4n) is 2.29. The molecular weight excluding hydrogens is 420 g/mol. The van der Waals surface area contributed by atoms with Gasteiger partial charge in [-0.15, -0.1) is 0 Å². The van der Waals surface area contributed by atoms with Crippen LogP contribution >= 0.6 is 11.8 Å². The van der Waals surface area contributed by atoms with Crippen LogP contribution in [-0.4, -0.2) is 87.8 Å². The largest absolute Gasteiger partial charge is 0.481 e. The number of amides is 3. The summed E-state index contributed by atoms with van der Waals surface area (Å²) in [5.41, 5.74) is 5.42. The number of carbonyl (C=O) groups excluding carboxylic acids is 3. The first kappa shape index (κ1) is 27.6. The molecule has 0 aromatic heterocycles. The maximum absolute atomic E-state index is 12.6. The topological polar surface area (TPSA) is 208 Å². The molecule has 0 saturated carbocycles. The van der Waals surface area contributed by atoms with Gasteiger partial charge in [-0.2, -0.15) is 11.8 Å². The van der Waals surface area contributed by atoms with E-state index in [-0.39, 0.29) is 6.42 Å². The molecule has 30 heavy (non-hydrogen) atoms. The van der Waals surface area contributed by atoms with Crippen LogP contribution in [0.2, 0.25) is 0 Å². The average molecular weight is 451 g/mol. The Morgan fingerprint density at radius 3 is 1.90 bits per heavy atom. The summed E-state index contributed by atoms with van der Waals surface area (Å²) in [7, 11) is 0. The van der Waals surface area contributed by atoms with Crippen molar-refractivity contribution in [1.82, 2.24) is 16.0 Å². The highest BCUT2D eigenvalue weighted by Gasteiger charge is 2.32. The van der Waals surface area contributed by atoms with E-state index >= 15 is 0 Å². The molecule has 0 radical (unpaired) electrons. The summed E-state index contributed by atoms with van der Waals surface area (Å²) >= 11 is 1.39. The van der Waals surface area contributed by atoms with Crippen molar-refractivity contribution in [3.05, 3.63) is 0 Å². The first-order chi connectivity index (χ1) is 13.9. The van der Waals surface area contributed by atoms with E-state index < -0.39 is 72.8 Å². The van der Waals surface area contributed by atoms with E-state index in [0.29, 0.717) is 5.75 Å². The summed E-state index contributed by atoms with van der Waals surface area (Å²) in [6.45, 7) is 2.48. The van der Waals surface area contributed by atoms with Crippen molar-refractivity contribution in [3.63, 3.8) is 0 Å². The molecule has 0 rings (SSSR count). The number of aliphatic carboxylic acids is 2. The predicted octanol–water partition coefficient (Wildman–Crippen LogP) is -2.27. The number of nitrogens with one attached hydrogen (secondary N) is 3. The first-order valence-corrected chi connectivity index (χ1v) is 10.5. The van der Waals surface area contributed by atoms with Crippen LogP contribution in [-0.2, 0) is 24.0 Å². The van der Waals surface area contributed by atoms with E-state index in [4.69, 9.17) is 15.9 Å². The maximum Gasteiger partial charge on any atom is 0.326 e. The second-order valence-corrected chi connectivity index (χ2v) is 7.84. The Hall–Kier alpha value is -2.38. The molecule has 0 aromatic carbocycles. The smallest absolute Gasteiger partial charge is 0.326 e. The average Bonchev–Trinajstić information content (AvgIpc) is 2.66. The van der Waals surface area contributed by atoms with E-state index in [1.165, 1.54) is 11.8 Å². The normalized spacial score (nSPS) is 14.9. The Morgan fingerprint density at radius 2 is 1.47 bits per heavy atom. The van der Waals surface area contributed by atoms with Gasteiger partial charge < -0.3 is 37.0 Å². The lowest BCUT2D eigenvalue weighted by molar-refractivity contribution is -0.144. The minimum Gasteiger partial charge on any atom is -0.481 e. The molecule has 0 aliphatic carbocycles. The molecule has 13 heteroatoms. The highest BCUT2D eigenvalue weighted by molar-refractivity contribution is 7.98. The van der Waals surface area contributed by atoms with Crippen LogP contribution < -0.4 is 21.7 Å². The fraction of sp³-hybridized carbons (Fsp3) is 0.706. The van der Waals surface area contributed by atoms with E-state index in [0.717, 1.165) is 0 Å². The summed E-state index contributed by atoms with van der Waals surface area (Å²) in [6, 6.07) is -5.22. The SMILES string of the molecule is CSCCC(NC(=O)C(N)CO)C(=O)NC(CC(=O)O)C(=O)NC(C(=O)O)C(C)C. The summed E-state index contributed by atoms with van der Waals surface area (Å²) in [5, 5.41) is 34.0. The van der Waals surface area contributed by atoms with Gasteiger partial charge in [0.1, 0.15) is 24.2 Å². The van der Waals surface area contributed by atoms with Crippen LogP contribution in [0.3, 0.4) is 0 Å². The van der Waals surface area contributed by atoms with Crippen LogP contribution in [0, 0.1) is 5.92 Å². The van der Waals surface area contributed by atoms with Crippen molar-refractivity contribution in [2.45, 2.75) is 50.9 Å². The predicted molar refractivity (Wildman–Crippen MR) is 109 cm³/mol. The second-order valence-electron chi connectivity index (χ2n) is 6.86. The Labute approximate surface area is 178 Å². The van der Waals surface area contributed by atoms with Crippen molar-refractivity contribution >= 4 is 41.4 Å². The van der Waals surface area contributed by atoms with Gasteiger partial charge in [-0.1, -0.05) is 13.8 Å². The van der Waals surface area contributed by atoms with Crippen molar-refractivity contribution < 1.29 is 39.3 Å². The van der Waals surface area contributed by atoms with Crippen molar-refractivity contribution in [2.75, 3.05) is 18.6 Å². The summed E-state index contributed by atoms with van der Waals surface area (Å²) in [5.74, 6) is -5.32. The molecule has 0 fully saturated rings. The van der Waals surface area contributed by atoms with Crippen molar-refractivity contribution in [2.24, 2.45) is 11.7 Å². The zero-order chi connectivity index (χ0) is 23.4. The number of aliphatic hydroxyl groups excluding tert-OH is 1. The zero-order valence-corrected chi connectivity index (χ0v) is 17.9. The molecule has 0 spiro atoms. The summed E-state index contributed by atoms with van der Waals surface area (Å²) in [4.78, 5) is 59.4. The molecule has 0 aliphatic heterocycles. The van der Waals surface area contributed by atoms with E-state index in [2.05, 4.69) is 16.0 Å². The minimum absolute atomic E-state index is 0.155. The lowest BCUT2D eigenvalue weighted by Crippen LogP contribution is -2.58. The number of hydrogen-bond donors (Lipinski definition) is 7. The lowest BCUT2D eigenvalue weighted by atomic mass is 10.0. The Bertz CT molecular complexity index is 631. The molecule has 12 nitrogen and oxygen atoms in total. The number of nitrogens with two attached hydrogens (primary N) is 1. The Morgan fingerprint density at radius 1 is 0.933 bits per heavy atom. The molecular formula is C17H30N4O8S. The Balaban J connectivity index is 5.43. The van der Waals surface area contributed by atoms with Crippen molar-refractivity contribution in [3.8, 4) is 0 Å². The zero-order valence-electron chi connectivity index (χ0n) is 17.1. The third-order valence-electron chi connectivity index (χ3n) is 4.02. The number of carboxylic acids is 2. The van der Waals surface area contributed by atoms with Gasteiger partial charge >= 0.3 is 11.9 Å². The number of thioether (sulfide) groups is 1. The third kappa shape index (κ3) is 9.89. The molecule has 0 bridgehead atoms. The third-order valence-corrected chi connectivity index (χ3v) is 4.66. The highest BCUT2D eigenvalue weighted by Crippen LogP contribution is 2.06. The van der Waals surface area contributed by atoms with Crippen LogP contribution in [0.1, 0.15) is 26.7 Å². The van der Waals surface area contributed by atoms with E-state index in [9.17, 15) is 29.1 Å². The first-order valence-electron chi connectivity index (χ1n) is 9.15. The molecule has 0 aromatic rings. The standard InChI is InChI=1S/C17H30N4O8S/c1-8(2)13(17(28)29)21-16(27)11(6-12(23)24)20-15(26)10(4-5-30-3)19-14(25)9(18)7-22/h8-11,13,22H,4-7,18H2,1-3H3,(H,19,25)(H,20,26)(H,21,27)(H,23,24)(H,28,29). The Kier molecular flexibility index (Phi) is 12.7. The second kappa shape index (κ2) is 13.8. The number of rotatable bonds is 14. The van der Waals surface area contributed by atoms with E-state index in [1.54, 1.807) is 20.1 Å². The maximum atomic E-state index is 12.6. The molecule has 8 N–H and O–H groups in total. The monoisotopic (exact) mass is 450 g/mol. The minimum atomic E-state index is -1.56. The van der Waals surface area contributed by atoms with Gasteiger partial charge in [0, 0.05) is 0 Å². The fourth-order valence-corrected chi connectivity index (χ4v) is 2.76. The van der Waals surface area contributed by atoms with Crippen LogP contribution in [0.25, 0.3) is 0 Å². The molecule has 172 valence electrons. The number of hydrogen-bond acceptors (Lipinski definition) is 8. The molecule has 0 aliphatic rings. The van der Waals surface area contributed by atoms with Gasteiger partial charge in [-0.3, -0.25) is 19.2 Å². The molecule has 4 unspecified atom stereocenters. The lowest BCUT2D eigenvalue weighted by Gasteiger charge is -2.25. The van der Waals surface area contributed by atoms with Gasteiger partial charge in [-0.25, -0.2) is 4.79 Å². The van der Waals surface area contributed by atoms with Gasteiger partial charge in [0.15, 0.2) is 0 Å². The number of carbonyl (C=O) groups is 5. The highest BCUT2D eigenvalue weighted by atomic mass is 32.2. The molecule has 3 amide bonds. The molecule has 0 saturated heterocycles. The molecule has 4 atom stereocenters. The molecule has 0 heterocycles. The van der Waals surface area contributed by atoms with Crippen LogP contribution in [0.5, 0.6) is 0 Å². The number of aliphatic hydroxyl groups is 1. The van der Waals surface area contributed by atoms with Gasteiger partial charge in [0.05, 0.1) is 13.0 Å². The van der Waals surface area contributed by atoms with Gasteiger partial charge in [0.25, 0.3) is 0 Å². The van der Waals surface area contributed by atoms with Gasteiger partial charge in [0.2, 0.25) is 17.7 Å².